The van der Waals surface area contributed by atoms with Crippen LogP contribution in [0.3, 0.4) is 0 Å². The van der Waals surface area contributed by atoms with E-state index in [1.165, 1.54) is 11.1 Å². The Bertz CT molecular complexity index is 744. The smallest absolute Gasteiger partial charge is 0.236 e. The van der Waals surface area contributed by atoms with Crippen LogP contribution in [0.25, 0.3) is 0 Å². The predicted molar refractivity (Wildman–Crippen MR) is 115 cm³/mol. The van der Waals surface area contributed by atoms with E-state index in [-0.39, 0.29) is 36.0 Å². The zero-order chi connectivity index (χ0) is 20.9. The molecule has 158 valence electrons. The minimum absolute atomic E-state index is 0.0218. The van der Waals surface area contributed by atoms with Crippen molar-refractivity contribution in [2.24, 2.45) is 5.92 Å². The van der Waals surface area contributed by atoms with Crippen molar-refractivity contribution >= 4 is 15.7 Å². The molecular weight excluding hydrogens is 372 g/mol. The van der Waals surface area contributed by atoms with Gasteiger partial charge >= 0.3 is 0 Å². The molecule has 1 amide bonds. The van der Waals surface area contributed by atoms with Crippen molar-refractivity contribution in [2.75, 3.05) is 24.6 Å². The third kappa shape index (κ3) is 5.80. The molecule has 0 aliphatic carbocycles. The van der Waals surface area contributed by atoms with Gasteiger partial charge in [0.05, 0.1) is 18.1 Å². The molecular formula is C22H36N2O3S. The number of benzene rings is 1. The average molecular weight is 409 g/mol. The molecule has 0 aromatic heterocycles. The highest BCUT2D eigenvalue weighted by Crippen LogP contribution is 2.25. The Labute approximate surface area is 170 Å². The fourth-order valence-corrected chi connectivity index (χ4v) is 5.69. The first-order valence-electron chi connectivity index (χ1n) is 10.5. The molecule has 0 bridgehead atoms. The van der Waals surface area contributed by atoms with Gasteiger partial charge in [0.25, 0.3) is 0 Å². The summed E-state index contributed by atoms with van der Waals surface area (Å²) in [5.41, 5.74) is 2.52. The van der Waals surface area contributed by atoms with E-state index < -0.39 is 9.84 Å². The van der Waals surface area contributed by atoms with Gasteiger partial charge in [-0.05, 0) is 42.7 Å². The molecule has 1 fully saturated rings. The summed E-state index contributed by atoms with van der Waals surface area (Å²) in [5, 5.41) is 3.42. The van der Waals surface area contributed by atoms with Crippen molar-refractivity contribution in [2.45, 2.75) is 65.5 Å². The second kappa shape index (κ2) is 9.88. The third-order valence-electron chi connectivity index (χ3n) is 5.93. The van der Waals surface area contributed by atoms with Crippen LogP contribution in [-0.2, 0) is 14.6 Å². The zero-order valence-electron chi connectivity index (χ0n) is 17.9. The lowest BCUT2D eigenvalue weighted by molar-refractivity contribution is -0.132. The first-order chi connectivity index (χ1) is 13.2. The number of carbonyl (C=O) groups is 1. The fourth-order valence-electron chi connectivity index (χ4n) is 3.96. The van der Waals surface area contributed by atoms with Crippen LogP contribution in [0.2, 0.25) is 0 Å². The van der Waals surface area contributed by atoms with E-state index >= 15 is 0 Å². The molecule has 0 spiro atoms. The number of nitrogens with one attached hydrogen (secondary N) is 1. The molecule has 1 aromatic rings. The maximum Gasteiger partial charge on any atom is 0.236 e. The number of amides is 1. The Morgan fingerprint density at radius 3 is 2.21 bits per heavy atom. The highest BCUT2D eigenvalue weighted by atomic mass is 32.2. The standard InChI is InChI=1S/C22H36N2O3S/c1-6-17(5)18-8-10-19(11-9-18)22(16(3)4)23-14-21(25)24(7-2)20-12-13-28(26,27)15-20/h8-11,16-17,20,22-23H,6-7,12-15H2,1-5H3. The molecule has 6 heteroatoms. The Morgan fingerprint density at radius 2 is 1.75 bits per heavy atom. The van der Waals surface area contributed by atoms with Crippen LogP contribution in [0.1, 0.15) is 70.5 Å². The minimum atomic E-state index is -3.00. The van der Waals surface area contributed by atoms with Crippen LogP contribution < -0.4 is 5.32 Å². The molecule has 1 heterocycles. The van der Waals surface area contributed by atoms with Crippen LogP contribution in [0.4, 0.5) is 0 Å². The van der Waals surface area contributed by atoms with Crippen molar-refractivity contribution in [1.29, 1.82) is 0 Å². The van der Waals surface area contributed by atoms with E-state index in [0.29, 0.717) is 24.8 Å². The third-order valence-corrected chi connectivity index (χ3v) is 7.68. The molecule has 1 aromatic carbocycles. The maximum atomic E-state index is 12.8. The summed E-state index contributed by atoms with van der Waals surface area (Å²) in [4.78, 5) is 14.5. The highest BCUT2D eigenvalue weighted by Gasteiger charge is 2.34. The average Bonchev–Trinajstić information content (AvgIpc) is 3.01. The van der Waals surface area contributed by atoms with E-state index in [4.69, 9.17) is 0 Å². The topological polar surface area (TPSA) is 66.5 Å². The molecule has 0 saturated carbocycles. The first kappa shape index (κ1) is 22.9. The summed E-state index contributed by atoms with van der Waals surface area (Å²) in [6.45, 7) is 11.4. The number of nitrogens with zero attached hydrogens (tertiary/aromatic N) is 1. The van der Waals surface area contributed by atoms with Gasteiger partial charge in [0.2, 0.25) is 5.91 Å². The fraction of sp³-hybridized carbons (Fsp3) is 0.682. The molecule has 28 heavy (non-hydrogen) atoms. The molecule has 5 nitrogen and oxygen atoms in total. The summed E-state index contributed by atoms with van der Waals surface area (Å²) in [5.74, 6) is 1.14. The van der Waals surface area contributed by atoms with E-state index in [9.17, 15) is 13.2 Å². The van der Waals surface area contributed by atoms with Gasteiger partial charge in [-0.15, -0.1) is 0 Å². The molecule has 1 saturated heterocycles. The quantitative estimate of drug-likeness (QED) is 0.679. The molecule has 3 atom stereocenters. The number of carbonyl (C=O) groups excluding carboxylic acids is 1. The zero-order valence-corrected chi connectivity index (χ0v) is 18.8. The van der Waals surface area contributed by atoms with E-state index in [2.05, 4.69) is 57.3 Å². The Hall–Kier alpha value is -1.40. The normalized spacial score (nSPS) is 20.9. The Kier molecular flexibility index (Phi) is 8.07. The maximum absolute atomic E-state index is 12.8. The van der Waals surface area contributed by atoms with Gasteiger partial charge in [-0.3, -0.25) is 4.79 Å². The summed E-state index contributed by atoms with van der Waals surface area (Å²) < 4.78 is 23.5. The molecule has 1 aliphatic heterocycles. The van der Waals surface area contributed by atoms with E-state index in [0.717, 1.165) is 6.42 Å². The lowest BCUT2D eigenvalue weighted by Gasteiger charge is -2.29. The summed E-state index contributed by atoms with van der Waals surface area (Å²) in [7, 11) is -3.00. The summed E-state index contributed by atoms with van der Waals surface area (Å²) in [6.07, 6.45) is 1.66. The van der Waals surface area contributed by atoms with Crippen molar-refractivity contribution in [1.82, 2.24) is 10.2 Å². The molecule has 0 radical (unpaired) electrons. The number of sulfone groups is 1. The van der Waals surface area contributed by atoms with Gasteiger partial charge in [0.15, 0.2) is 9.84 Å². The molecule has 1 aliphatic rings. The van der Waals surface area contributed by atoms with Gasteiger partial charge in [0.1, 0.15) is 0 Å². The number of likely N-dealkylation sites (N-methyl/N-ethyl adjacent to an activating group) is 1. The Balaban J connectivity index is 2.03. The monoisotopic (exact) mass is 408 g/mol. The van der Waals surface area contributed by atoms with Crippen LogP contribution in [0.15, 0.2) is 24.3 Å². The van der Waals surface area contributed by atoms with Crippen molar-refractivity contribution in [3.05, 3.63) is 35.4 Å². The van der Waals surface area contributed by atoms with Gasteiger partial charge in [0, 0.05) is 18.6 Å². The van der Waals surface area contributed by atoms with Crippen LogP contribution in [-0.4, -0.2) is 49.9 Å². The summed E-state index contributed by atoms with van der Waals surface area (Å²) in [6, 6.07) is 8.58. The predicted octanol–water partition coefficient (Wildman–Crippen LogP) is 3.52. The Morgan fingerprint density at radius 1 is 1.14 bits per heavy atom. The largest absolute Gasteiger partial charge is 0.338 e. The van der Waals surface area contributed by atoms with Crippen molar-refractivity contribution in [3.63, 3.8) is 0 Å². The van der Waals surface area contributed by atoms with Gasteiger partial charge in [-0.2, -0.15) is 0 Å². The van der Waals surface area contributed by atoms with Gasteiger partial charge < -0.3 is 10.2 Å². The van der Waals surface area contributed by atoms with Gasteiger partial charge in [-0.1, -0.05) is 52.0 Å². The minimum Gasteiger partial charge on any atom is -0.338 e. The van der Waals surface area contributed by atoms with Gasteiger partial charge in [-0.25, -0.2) is 8.42 Å². The second-order valence-electron chi connectivity index (χ2n) is 8.32. The number of hydrogen-bond donors (Lipinski definition) is 1. The molecule has 2 rings (SSSR count). The number of rotatable bonds is 9. The molecule has 3 unspecified atom stereocenters. The van der Waals surface area contributed by atoms with Crippen LogP contribution >= 0.6 is 0 Å². The lowest BCUT2D eigenvalue weighted by Crippen LogP contribution is -2.46. The van der Waals surface area contributed by atoms with Crippen LogP contribution in [0, 0.1) is 5.92 Å². The van der Waals surface area contributed by atoms with E-state index in [1.807, 2.05) is 6.92 Å². The first-order valence-corrected chi connectivity index (χ1v) is 12.3. The lowest BCUT2D eigenvalue weighted by atomic mass is 9.92. The van der Waals surface area contributed by atoms with E-state index in [1.54, 1.807) is 4.90 Å². The highest BCUT2D eigenvalue weighted by molar-refractivity contribution is 7.91. The SMILES string of the molecule is CCC(C)c1ccc(C(NCC(=O)N(CC)C2CCS(=O)(=O)C2)C(C)C)cc1. The van der Waals surface area contributed by atoms with Crippen molar-refractivity contribution < 1.29 is 13.2 Å². The summed E-state index contributed by atoms with van der Waals surface area (Å²) >= 11 is 0. The van der Waals surface area contributed by atoms with Crippen molar-refractivity contribution in [3.8, 4) is 0 Å². The molecule has 1 N–H and O–H groups in total. The van der Waals surface area contributed by atoms with Crippen LogP contribution in [0.5, 0.6) is 0 Å². The number of hydrogen-bond acceptors (Lipinski definition) is 4. The second-order valence-corrected chi connectivity index (χ2v) is 10.5.